The van der Waals surface area contributed by atoms with E-state index in [1.165, 1.54) is 13.5 Å². The van der Waals surface area contributed by atoms with Crippen LogP contribution in [-0.2, 0) is 16.1 Å². The van der Waals surface area contributed by atoms with Gasteiger partial charge in [0.05, 0.1) is 13.2 Å². The summed E-state index contributed by atoms with van der Waals surface area (Å²) >= 11 is 0. The van der Waals surface area contributed by atoms with Gasteiger partial charge in [-0.2, -0.15) is 0 Å². The van der Waals surface area contributed by atoms with Gasteiger partial charge in [0.1, 0.15) is 6.61 Å². The molecule has 24 heavy (non-hydrogen) atoms. The van der Waals surface area contributed by atoms with E-state index in [1.807, 2.05) is 30.3 Å². The molecule has 1 aliphatic heterocycles. The molecule has 0 bridgehead atoms. The predicted octanol–water partition coefficient (Wildman–Crippen LogP) is 2.93. The van der Waals surface area contributed by atoms with Gasteiger partial charge in [-0.05, 0) is 18.4 Å². The van der Waals surface area contributed by atoms with Crippen LogP contribution >= 0.6 is 0 Å². The molecule has 0 saturated carbocycles. The lowest BCUT2D eigenvalue weighted by atomic mass is 10.1. The molecule has 2 aromatic rings. The number of ether oxygens (including phenoxy) is 2. The average Bonchev–Trinajstić information content (AvgIpc) is 3.28. The number of likely N-dealkylation sites (tertiary alicyclic amines) is 1. The van der Waals surface area contributed by atoms with Gasteiger partial charge in [-0.15, -0.1) is 0 Å². The van der Waals surface area contributed by atoms with Crippen LogP contribution in [-0.4, -0.2) is 35.6 Å². The van der Waals surface area contributed by atoms with Crippen LogP contribution in [0.3, 0.4) is 0 Å². The normalized spacial score (nSPS) is 16.9. The Labute approximate surface area is 139 Å². The molecule has 126 valence electrons. The summed E-state index contributed by atoms with van der Waals surface area (Å²) in [6.45, 7) is 0.739. The van der Waals surface area contributed by atoms with Crippen LogP contribution in [0.4, 0.5) is 4.79 Å². The minimum absolute atomic E-state index is 0.102. The lowest BCUT2D eigenvalue weighted by molar-refractivity contribution is 0.0584. The Morgan fingerprint density at radius 1 is 1.33 bits per heavy atom. The highest BCUT2D eigenvalue weighted by Gasteiger charge is 2.36. The summed E-state index contributed by atoms with van der Waals surface area (Å²) in [7, 11) is 1.28. The van der Waals surface area contributed by atoms with Crippen molar-refractivity contribution in [1.82, 2.24) is 9.88 Å². The summed E-state index contributed by atoms with van der Waals surface area (Å²) < 4.78 is 15.4. The minimum atomic E-state index is -0.580. The summed E-state index contributed by atoms with van der Waals surface area (Å²) in [5, 5.41) is 0. The largest absolute Gasteiger partial charge is 0.464 e. The lowest BCUT2D eigenvalue weighted by Crippen LogP contribution is -2.31. The fourth-order valence-electron chi connectivity index (χ4n) is 2.80. The van der Waals surface area contributed by atoms with Crippen molar-refractivity contribution in [2.75, 3.05) is 13.7 Å². The van der Waals surface area contributed by atoms with Gasteiger partial charge in [-0.3, -0.25) is 4.90 Å². The number of nitrogens with zero attached hydrogens (tertiary/aromatic N) is 2. The Kier molecular flexibility index (Phi) is 4.79. The Morgan fingerprint density at radius 3 is 2.88 bits per heavy atom. The lowest BCUT2D eigenvalue weighted by Gasteiger charge is -2.22. The van der Waals surface area contributed by atoms with Crippen LogP contribution in [0.1, 0.15) is 40.7 Å². The Balaban J connectivity index is 1.70. The number of oxazole rings is 1. The van der Waals surface area contributed by atoms with Gasteiger partial charge < -0.3 is 13.9 Å². The van der Waals surface area contributed by atoms with Gasteiger partial charge in [-0.25, -0.2) is 14.6 Å². The van der Waals surface area contributed by atoms with E-state index in [0.717, 1.165) is 12.0 Å². The first-order chi connectivity index (χ1) is 11.7. The zero-order chi connectivity index (χ0) is 16.9. The third-order valence-corrected chi connectivity index (χ3v) is 3.97. The fraction of sp³-hybridized carbons (Fsp3) is 0.353. The standard InChI is InChI=1S/C17H18N2O5/c1-22-16(20)14-15(24-11-18-14)13-8-5-9-19(13)17(21)23-10-12-6-3-2-4-7-12/h2-4,6-7,11,13H,5,8-10H2,1H3/t13-/m0/s1. The van der Waals surface area contributed by atoms with Crippen molar-refractivity contribution in [1.29, 1.82) is 0 Å². The number of hydrogen-bond acceptors (Lipinski definition) is 6. The van der Waals surface area contributed by atoms with Crippen molar-refractivity contribution in [3.05, 3.63) is 53.7 Å². The quantitative estimate of drug-likeness (QED) is 0.802. The number of esters is 1. The van der Waals surface area contributed by atoms with Crippen molar-refractivity contribution in [3.63, 3.8) is 0 Å². The number of hydrogen-bond donors (Lipinski definition) is 0. The van der Waals surface area contributed by atoms with Gasteiger partial charge in [-0.1, -0.05) is 30.3 Å². The van der Waals surface area contributed by atoms with Crippen LogP contribution in [0.15, 0.2) is 41.1 Å². The van der Waals surface area contributed by atoms with Crippen molar-refractivity contribution < 1.29 is 23.5 Å². The highest BCUT2D eigenvalue weighted by molar-refractivity contribution is 5.88. The summed E-state index contributed by atoms with van der Waals surface area (Å²) in [4.78, 5) is 29.6. The van der Waals surface area contributed by atoms with Gasteiger partial charge in [0.15, 0.2) is 17.8 Å². The molecule has 1 atom stereocenters. The molecule has 3 rings (SSSR count). The number of aromatic nitrogens is 1. The van der Waals surface area contributed by atoms with Crippen molar-refractivity contribution >= 4 is 12.1 Å². The third kappa shape index (κ3) is 3.24. The van der Waals surface area contributed by atoms with E-state index in [1.54, 1.807) is 4.90 Å². The third-order valence-electron chi connectivity index (χ3n) is 3.97. The first-order valence-electron chi connectivity index (χ1n) is 7.69. The number of benzene rings is 1. The monoisotopic (exact) mass is 330 g/mol. The maximum Gasteiger partial charge on any atom is 0.410 e. The van der Waals surface area contributed by atoms with Crippen molar-refractivity contribution in [3.8, 4) is 0 Å². The minimum Gasteiger partial charge on any atom is -0.464 e. The van der Waals surface area contributed by atoms with Gasteiger partial charge in [0.25, 0.3) is 0 Å². The number of carbonyl (C=O) groups is 2. The first kappa shape index (κ1) is 16.0. The van der Waals surface area contributed by atoms with Gasteiger partial charge in [0, 0.05) is 6.54 Å². The van der Waals surface area contributed by atoms with E-state index < -0.39 is 12.1 Å². The average molecular weight is 330 g/mol. The van der Waals surface area contributed by atoms with Crippen LogP contribution in [0, 0.1) is 0 Å². The smallest absolute Gasteiger partial charge is 0.410 e. The zero-order valence-electron chi connectivity index (χ0n) is 13.3. The van der Waals surface area contributed by atoms with E-state index in [-0.39, 0.29) is 18.3 Å². The zero-order valence-corrected chi connectivity index (χ0v) is 13.3. The van der Waals surface area contributed by atoms with Crippen LogP contribution in [0.2, 0.25) is 0 Å². The second kappa shape index (κ2) is 7.16. The maximum atomic E-state index is 12.4. The summed E-state index contributed by atoms with van der Waals surface area (Å²) in [5.41, 5.74) is 1.02. The molecule has 1 aromatic carbocycles. The summed E-state index contributed by atoms with van der Waals surface area (Å²) in [6, 6.07) is 9.09. The number of carbonyl (C=O) groups excluding carboxylic acids is 2. The molecular weight excluding hydrogens is 312 g/mol. The summed E-state index contributed by atoms with van der Waals surface area (Å²) in [6.07, 6.45) is 2.23. The Bertz CT molecular complexity index is 713. The Morgan fingerprint density at radius 2 is 2.12 bits per heavy atom. The van der Waals surface area contributed by atoms with E-state index in [9.17, 15) is 9.59 Å². The number of amides is 1. The molecule has 0 aliphatic carbocycles. The second-order valence-electron chi connectivity index (χ2n) is 5.45. The number of rotatable bonds is 4. The molecule has 1 saturated heterocycles. The highest BCUT2D eigenvalue weighted by atomic mass is 16.6. The van der Waals surface area contributed by atoms with Crippen LogP contribution in [0.25, 0.3) is 0 Å². The topological polar surface area (TPSA) is 81.9 Å². The molecule has 2 heterocycles. The molecule has 7 heteroatoms. The highest BCUT2D eigenvalue weighted by Crippen LogP contribution is 2.34. The van der Waals surface area contributed by atoms with E-state index >= 15 is 0 Å². The molecule has 1 fully saturated rings. The Hall–Kier alpha value is -2.83. The predicted molar refractivity (Wildman–Crippen MR) is 83.2 cm³/mol. The first-order valence-corrected chi connectivity index (χ1v) is 7.69. The molecular formula is C17H18N2O5. The fourth-order valence-corrected chi connectivity index (χ4v) is 2.80. The molecule has 0 radical (unpaired) electrons. The molecule has 7 nitrogen and oxygen atoms in total. The van der Waals surface area contributed by atoms with E-state index in [0.29, 0.717) is 18.7 Å². The van der Waals surface area contributed by atoms with Crippen LogP contribution < -0.4 is 0 Å². The number of methoxy groups -OCH3 is 1. The van der Waals surface area contributed by atoms with E-state index in [4.69, 9.17) is 13.9 Å². The molecule has 0 unspecified atom stereocenters. The second-order valence-corrected chi connectivity index (χ2v) is 5.45. The van der Waals surface area contributed by atoms with Crippen LogP contribution in [0.5, 0.6) is 0 Å². The van der Waals surface area contributed by atoms with Crippen molar-refractivity contribution in [2.45, 2.75) is 25.5 Å². The molecule has 1 aliphatic rings. The SMILES string of the molecule is COC(=O)c1ncoc1[C@@H]1CCCN1C(=O)OCc1ccccc1. The molecule has 1 aromatic heterocycles. The molecule has 0 spiro atoms. The van der Waals surface area contributed by atoms with Gasteiger partial charge >= 0.3 is 12.1 Å². The van der Waals surface area contributed by atoms with Gasteiger partial charge in [0.2, 0.25) is 0 Å². The summed E-state index contributed by atoms with van der Waals surface area (Å²) in [5.74, 6) is -0.237. The molecule has 1 amide bonds. The maximum absolute atomic E-state index is 12.4. The van der Waals surface area contributed by atoms with E-state index in [2.05, 4.69) is 4.98 Å². The van der Waals surface area contributed by atoms with Crippen molar-refractivity contribution in [2.24, 2.45) is 0 Å². The molecule has 0 N–H and O–H groups in total.